The summed E-state index contributed by atoms with van der Waals surface area (Å²) in [5.74, 6) is 0.830. The van der Waals surface area contributed by atoms with E-state index in [1.165, 1.54) is 0 Å². The van der Waals surface area contributed by atoms with E-state index in [1.54, 1.807) is 7.11 Å². The fourth-order valence-electron chi connectivity index (χ4n) is 1.65. The molecule has 0 aliphatic rings. The van der Waals surface area contributed by atoms with Crippen LogP contribution >= 0.6 is 0 Å². The lowest BCUT2D eigenvalue weighted by atomic mass is 10.1. The maximum Gasteiger partial charge on any atom is 0.120 e. The van der Waals surface area contributed by atoms with Crippen molar-refractivity contribution in [3.05, 3.63) is 48.0 Å². The van der Waals surface area contributed by atoms with Crippen molar-refractivity contribution in [3.63, 3.8) is 0 Å². The Morgan fingerprint density at radius 3 is 2.65 bits per heavy atom. The topological polar surface area (TPSA) is 47.3 Å². The van der Waals surface area contributed by atoms with Crippen LogP contribution in [0.4, 0.5) is 17.1 Å². The second-order valence-electron chi connectivity index (χ2n) is 3.88. The lowest BCUT2D eigenvalue weighted by molar-refractivity contribution is 0.415. The van der Waals surface area contributed by atoms with Crippen LogP contribution in [0.5, 0.6) is 5.75 Å². The summed E-state index contributed by atoms with van der Waals surface area (Å²) in [7, 11) is 1.66. The molecule has 3 heteroatoms. The number of rotatable bonds is 3. The fourth-order valence-corrected chi connectivity index (χ4v) is 1.65. The lowest BCUT2D eigenvalue weighted by Crippen LogP contribution is -1.97. The van der Waals surface area contributed by atoms with Crippen molar-refractivity contribution < 1.29 is 4.74 Å². The number of hydrogen-bond acceptors (Lipinski definition) is 3. The first-order chi connectivity index (χ1) is 8.20. The summed E-state index contributed by atoms with van der Waals surface area (Å²) in [4.78, 5) is 0. The molecule has 0 atom stereocenters. The SMILES string of the molecule is COc1cccc(Nc2cccc(N)c2C)c1. The van der Waals surface area contributed by atoms with Crippen molar-refractivity contribution in [2.75, 3.05) is 18.2 Å². The van der Waals surface area contributed by atoms with Crippen LogP contribution in [0.2, 0.25) is 0 Å². The molecule has 0 saturated carbocycles. The maximum atomic E-state index is 5.87. The van der Waals surface area contributed by atoms with Crippen LogP contribution in [0.25, 0.3) is 0 Å². The average molecular weight is 228 g/mol. The minimum atomic E-state index is 0.790. The predicted octanol–water partition coefficient (Wildman–Crippen LogP) is 3.33. The smallest absolute Gasteiger partial charge is 0.120 e. The van der Waals surface area contributed by atoms with Gasteiger partial charge in [0.05, 0.1) is 7.11 Å². The van der Waals surface area contributed by atoms with Gasteiger partial charge in [-0.1, -0.05) is 12.1 Å². The molecule has 0 unspecified atom stereocenters. The maximum absolute atomic E-state index is 5.87. The van der Waals surface area contributed by atoms with Crippen LogP contribution in [-0.2, 0) is 0 Å². The van der Waals surface area contributed by atoms with Gasteiger partial charge in [0.2, 0.25) is 0 Å². The van der Waals surface area contributed by atoms with Crippen molar-refractivity contribution in [1.82, 2.24) is 0 Å². The summed E-state index contributed by atoms with van der Waals surface area (Å²) in [6.45, 7) is 2.00. The van der Waals surface area contributed by atoms with E-state index in [0.717, 1.165) is 28.4 Å². The van der Waals surface area contributed by atoms with Crippen LogP contribution in [-0.4, -0.2) is 7.11 Å². The van der Waals surface area contributed by atoms with E-state index >= 15 is 0 Å². The van der Waals surface area contributed by atoms with Crippen molar-refractivity contribution in [3.8, 4) is 5.75 Å². The molecule has 2 aromatic rings. The van der Waals surface area contributed by atoms with Gasteiger partial charge in [0.15, 0.2) is 0 Å². The molecule has 3 nitrogen and oxygen atoms in total. The Morgan fingerprint density at radius 2 is 1.88 bits per heavy atom. The number of ether oxygens (including phenoxy) is 1. The van der Waals surface area contributed by atoms with Crippen LogP contribution in [0.3, 0.4) is 0 Å². The van der Waals surface area contributed by atoms with Gasteiger partial charge in [0, 0.05) is 23.1 Å². The standard InChI is InChI=1S/C14H16N2O/c1-10-13(15)7-4-8-14(10)16-11-5-3-6-12(9-11)17-2/h3-9,16H,15H2,1-2H3. The van der Waals surface area contributed by atoms with E-state index in [0.29, 0.717) is 0 Å². The van der Waals surface area contributed by atoms with Gasteiger partial charge in [0.1, 0.15) is 5.75 Å². The molecule has 0 radical (unpaired) electrons. The highest BCUT2D eigenvalue weighted by molar-refractivity contribution is 5.69. The number of nitrogen functional groups attached to an aromatic ring is 1. The molecule has 0 saturated heterocycles. The largest absolute Gasteiger partial charge is 0.497 e. The summed E-state index contributed by atoms with van der Waals surface area (Å²) < 4.78 is 5.18. The monoisotopic (exact) mass is 228 g/mol. The van der Waals surface area contributed by atoms with Crippen LogP contribution in [0, 0.1) is 6.92 Å². The van der Waals surface area contributed by atoms with Gasteiger partial charge in [-0.2, -0.15) is 0 Å². The molecule has 2 rings (SSSR count). The molecule has 17 heavy (non-hydrogen) atoms. The van der Waals surface area contributed by atoms with Gasteiger partial charge < -0.3 is 15.8 Å². The average Bonchev–Trinajstić information content (AvgIpc) is 2.35. The van der Waals surface area contributed by atoms with Gasteiger partial charge in [-0.25, -0.2) is 0 Å². The second kappa shape index (κ2) is 4.78. The Bertz CT molecular complexity index is 523. The summed E-state index contributed by atoms with van der Waals surface area (Å²) in [6, 6.07) is 13.6. The van der Waals surface area contributed by atoms with E-state index < -0.39 is 0 Å². The van der Waals surface area contributed by atoms with Gasteiger partial charge in [0.25, 0.3) is 0 Å². The highest BCUT2D eigenvalue weighted by Gasteiger charge is 2.02. The van der Waals surface area contributed by atoms with Gasteiger partial charge in [-0.15, -0.1) is 0 Å². The molecule has 3 N–H and O–H groups in total. The number of anilines is 3. The quantitative estimate of drug-likeness (QED) is 0.792. The molecular formula is C14H16N2O. The zero-order valence-electron chi connectivity index (χ0n) is 10.0. The minimum absolute atomic E-state index is 0.790. The molecule has 0 amide bonds. The number of methoxy groups -OCH3 is 1. The van der Waals surface area contributed by atoms with Crippen LogP contribution in [0.1, 0.15) is 5.56 Å². The Morgan fingerprint density at radius 1 is 1.12 bits per heavy atom. The molecular weight excluding hydrogens is 212 g/mol. The minimum Gasteiger partial charge on any atom is -0.497 e. The third kappa shape index (κ3) is 2.50. The first-order valence-electron chi connectivity index (χ1n) is 5.47. The number of benzene rings is 2. The first-order valence-corrected chi connectivity index (χ1v) is 5.47. The van der Waals surface area contributed by atoms with E-state index in [1.807, 2.05) is 49.4 Å². The molecule has 88 valence electrons. The first kappa shape index (κ1) is 11.3. The van der Waals surface area contributed by atoms with Crippen LogP contribution < -0.4 is 15.8 Å². The molecule has 0 aliphatic heterocycles. The van der Waals surface area contributed by atoms with E-state index in [-0.39, 0.29) is 0 Å². The summed E-state index contributed by atoms with van der Waals surface area (Å²) in [5.41, 5.74) is 9.70. The highest BCUT2D eigenvalue weighted by Crippen LogP contribution is 2.26. The molecule has 0 fully saturated rings. The lowest BCUT2D eigenvalue weighted by Gasteiger charge is -2.11. The Balaban J connectivity index is 2.28. The highest BCUT2D eigenvalue weighted by atomic mass is 16.5. The Kier molecular flexibility index (Phi) is 3.19. The molecule has 0 heterocycles. The summed E-state index contributed by atoms with van der Waals surface area (Å²) in [5, 5.41) is 3.33. The zero-order valence-corrected chi connectivity index (χ0v) is 10.0. The molecule has 0 aliphatic carbocycles. The van der Waals surface area contributed by atoms with Crippen molar-refractivity contribution in [1.29, 1.82) is 0 Å². The molecule has 0 bridgehead atoms. The van der Waals surface area contributed by atoms with Crippen molar-refractivity contribution in [2.45, 2.75) is 6.92 Å². The van der Waals surface area contributed by atoms with E-state index in [2.05, 4.69) is 5.32 Å². The number of nitrogens with one attached hydrogen (secondary N) is 1. The zero-order chi connectivity index (χ0) is 12.3. The fraction of sp³-hybridized carbons (Fsp3) is 0.143. The Hall–Kier alpha value is -2.16. The second-order valence-corrected chi connectivity index (χ2v) is 3.88. The number of hydrogen-bond donors (Lipinski definition) is 2. The normalized spacial score (nSPS) is 10.0. The van der Waals surface area contributed by atoms with Gasteiger partial charge in [-0.05, 0) is 36.8 Å². The van der Waals surface area contributed by atoms with Crippen molar-refractivity contribution in [2.24, 2.45) is 0 Å². The molecule has 0 aromatic heterocycles. The van der Waals surface area contributed by atoms with Crippen LogP contribution in [0.15, 0.2) is 42.5 Å². The molecule has 0 spiro atoms. The van der Waals surface area contributed by atoms with E-state index in [9.17, 15) is 0 Å². The molecule has 2 aromatic carbocycles. The summed E-state index contributed by atoms with van der Waals surface area (Å²) >= 11 is 0. The van der Waals surface area contributed by atoms with Gasteiger partial charge >= 0.3 is 0 Å². The summed E-state index contributed by atoms with van der Waals surface area (Å²) in [6.07, 6.45) is 0. The van der Waals surface area contributed by atoms with Crippen molar-refractivity contribution >= 4 is 17.1 Å². The van der Waals surface area contributed by atoms with E-state index in [4.69, 9.17) is 10.5 Å². The number of nitrogens with two attached hydrogens (primary N) is 1. The Labute approximate surface area is 101 Å². The third-order valence-corrected chi connectivity index (χ3v) is 2.72. The third-order valence-electron chi connectivity index (χ3n) is 2.72. The predicted molar refractivity (Wildman–Crippen MR) is 71.9 cm³/mol. The van der Waals surface area contributed by atoms with Gasteiger partial charge in [-0.3, -0.25) is 0 Å².